The van der Waals surface area contributed by atoms with E-state index in [2.05, 4.69) is 19.9 Å². The molecule has 2 rings (SSSR count). The van der Waals surface area contributed by atoms with Crippen molar-refractivity contribution in [1.82, 2.24) is 19.9 Å². The van der Waals surface area contributed by atoms with Crippen LogP contribution in [-0.4, -0.2) is 21.6 Å². The SMILES string of the molecule is CNC(c1cncc(F)c1)c1cnns1. The maximum atomic E-state index is 13.0. The molecule has 0 spiro atoms. The van der Waals surface area contributed by atoms with Gasteiger partial charge in [0.1, 0.15) is 5.82 Å². The summed E-state index contributed by atoms with van der Waals surface area (Å²) in [5, 5.41) is 6.83. The van der Waals surface area contributed by atoms with Gasteiger partial charge in [-0.15, -0.1) is 5.10 Å². The molecule has 0 aromatic carbocycles. The Bertz CT molecular complexity index is 431. The minimum absolute atomic E-state index is 0.104. The minimum Gasteiger partial charge on any atom is -0.309 e. The van der Waals surface area contributed by atoms with E-state index in [0.717, 1.165) is 10.4 Å². The molecular formula is C9H9FN4S. The van der Waals surface area contributed by atoms with Gasteiger partial charge in [0.15, 0.2) is 0 Å². The van der Waals surface area contributed by atoms with Crippen LogP contribution in [0.25, 0.3) is 0 Å². The molecule has 15 heavy (non-hydrogen) atoms. The summed E-state index contributed by atoms with van der Waals surface area (Å²) in [6.45, 7) is 0. The van der Waals surface area contributed by atoms with Crippen LogP contribution in [0.4, 0.5) is 4.39 Å². The standard InChI is InChI=1S/C9H9FN4S/c1-11-9(8-5-13-14-15-8)6-2-7(10)4-12-3-6/h2-5,9,11H,1H3. The lowest BCUT2D eigenvalue weighted by atomic mass is 10.1. The fraction of sp³-hybridized carbons (Fsp3) is 0.222. The Morgan fingerprint density at radius 2 is 2.27 bits per heavy atom. The van der Waals surface area contributed by atoms with E-state index >= 15 is 0 Å². The normalized spacial score (nSPS) is 12.7. The van der Waals surface area contributed by atoms with Crippen molar-refractivity contribution in [2.75, 3.05) is 7.05 Å². The summed E-state index contributed by atoms with van der Waals surface area (Å²) in [6.07, 6.45) is 4.47. The molecular weight excluding hydrogens is 215 g/mol. The van der Waals surface area contributed by atoms with Crippen molar-refractivity contribution < 1.29 is 4.39 Å². The zero-order valence-corrected chi connectivity index (χ0v) is 8.83. The van der Waals surface area contributed by atoms with Crippen molar-refractivity contribution in [2.45, 2.75) is 6.04 Å². The molecule has 2 heterocycles. The third-order valence-corrected chi connectivity index (χ3v) is 2.74. The Labute approximate surface area is 90.3 Å². The summed E-state index contributed by atoms with van der Waals surface area (Å²) in [7, 11) is 1.80. The van der Waals surface area contributed by atoms with Crippen LogP contribution in [-0.2, 0) is 0 Å². The highest BCUT2D eigenvalue weighted by atomic mass is 32.1. The van der Waals surface area contributed by atoms with Crippen molar-refractivity contribution in [3.05, 3.63) is 40.9 Å². The summed E-state index contributed by atoms with van der Waals surface area (Å²) >= 11 is 1.28. The first-order valence-corrected chi connectivity index (χ1v) is 5.13. The molecule has 0 fully saturated rings. The topological polar surface area (TPSA) is 50.7 Å². The Kier molecular flexibility index (Phi) is 2.98. The largest absolute Gasteiger partial charge is 0.309 e. The van der Waals surface area contributed by atoms with Crippen LogP contribution in [0.5, 0.6) is 0 Å². The number of pyridine rings is 1. The molecule has 1 atom stereocenters. The first kappa shape index (κ1) is 10.1. The quantitative estimate of drug-likeness (QED) is 0.855. The molecule has 0 radical (unpaired) electrons. The highest BCUT2D eigenvalue weighted by Crippen LogP contribution is 2.22. The predicted octanol–water partition coefficient (Wildman–Crippen LogP) is 1.38. The molecule has 6 heteroatoms. The highest BCUT2D eigenvalue weighted by Gasteiger charge is 2.14. The minimum atomic E-state index is -0.342. The van der Waals surface area contributed by atoms with Gasteiger partial charge in [-0.2, -0.15) is 0 Å². The Morgan fingerprint density at radius 3 is 2.87 bits per heavy atom. The van der Waals surface area contributed by atoms with Crippen molar-refractivity contribution in [1.29, 1.82) is 0 Å². The molecule has 0 amide bonds. The Balaban J connectivity index is 2.35. The molecule has 1 N–H and O–H groups in total. The zero-order chi connectivity index (χ0) is 10.7. The molecule has 1 unspecified atom stereocenters. The summed E-state index contributed by atoms with van der Waals surface area (Å²) in [5.41, 5.74) is 0.767. The Morgan fingerprint density at radius 1 is 1.40 bits per heavy atom. The van der Waals surface area contributed by atoms with Crippen LogP contribution < -0.4 is 5.32 Å². The smallest absolute Gasteiger partial charge is 0.141 e. The average Bonchev–Trinajstić information content (AvgIpc) is 2.72. The van der Waals surface area contributed by atoms with Gasteiger partial charge in [0, 0.05) is 6.20 Å². The van der Waals surface area contributed by atoms with Gasteiger partial charge in [-0.1, -0.05) is 4.49 Å². The highest BCUT2D eigenvalue weighted by molar-refractivity contribution is 7.05. The molecule has 0 saturated heterocycles. The van der Waals surface area contributed by atoms with Crippen LogP contribution in [0.2, 0.25) is 0 Å². The van der Waals surface area contributed by atoms with Gasteiger partial charge in [-0.05, 0) is 30.2 Å². The maximum absolute atomic E-state index is 13.0. The second-order valence-corrected chi connectivity index (χ2v) is 3.80. The van der Waals surface area contributed by atoms with Gasteiger partial charge in [0.2, 0.25) is 0 Å². The fourth-order valence-corrected chi connectivity index (χ4v) is 2.00. The molecule has 0 saturated carbocycles. The number of hydrogen-bond donors (Lipinski definition) is 1. The van der Waals surface area contributed by atoms with Crippen LogP contribution in [0.3, 0.4) is 0 Å². The van der Waals surface area contributed by atoms with Gasteiger partial charge in [-0.3, -0.25) is 4.98 Å². The fourth-order valence-electron chi connectivity index (χ4n) is 1.36. The van der Waals surface area contributed by atoms with E-state index < -0.39 is 0 Å². The summed E-state index contributed by atoms with van der Waals surface area (Å²) in [4.78, 5) is 4.75. The number of aromatic nitrogens is 3. The molecule has 0 bridgehead atoms. The third-order valence-electron chi connectivity index (χ3n) is 2.01. The second-order valence-electron chi connectivity index (χ2n) is 2.98. The van der Waals surface area contributed by atoms with Crippen molar-refractivity contribution in [3.8, 4) is 0 Å². The molecule has 0 aliphatic carbocycles. The predicted molar refractivity (Wildman–Crippen MR) is 55.0 cm³/mol. The second kappa shape index (κ2) is 4.41. The van der Waals surface area contributed by atoms with Crippen molar-refractivity contribution in [3.63, 3.8) is 0 Å². The number of hydrogen-bond acceptors (Lipinski definition) is 5. The average molecular weight is 224 g/mol. The van der Waals surface area contributed by atoms with Gasteiger partial charge < -0.3 is 5.32 Å². The lowest BCUT2D eigenvalue weighted by Crippen LogP contribution is -2.16. The first-order chi connectivity index (χ1) is 7.31. The summed E-state index contributed by atoms with van der Waals surface area (Å²) in [5.74, 6) is -0.342. The first-order valence-electron chi connectivity index (χ1n) is 4.36. The van der Waals surface area contributed by atoms with E-state index in [1.54, 1.807) is 19.4 Å². The lowest BCUT2D eigenvalue weighted by molar-refractivity contribution is 0.610. The van der Waals surface area contributed by atoms with E-state index in [4.69, 9.17) is 0 Å². The molecule has 4 nitrogen and oxygen atoms in total. The van der Waals surface area contributed by atoms with E-state index in [1.165, 1.54) is 23.8 Å². The van der Waals surface area contributed by atoms with E-state index in [-0.39, 0.29) is 11.9 Å². The van der Waals surface area contributed by atoms with Crippen molar-refractivity contribution >= 4 is 11.5 Å². The van der Waals surface area contributed by atoms with E-state index in [1.807, 2.05) is 0 Å². The van der Waals surface area contributed by atoms with Crippen molar-refractivity contribution in [2.24, 2.45) is 0 Å². The summed E-state index contributed by atoms with van der Waals surface area (Å²) < 4.78 is 16.8. The van der Waals surface area contributed by atoms with E-state index in [0.29, 0.717) is 0 Å². The monoisotopic (exact) mass is 224 g/mol. The molecule has 0 aliphatic rings. The van der Waals surface area contributed by atoms with Crippen LogP contribution >= 0.6 is 11.5 Å². The number of nitrogens with zero attached hydrogens (tertiary/aromatic N) is 3. The Hall–Kier alpha value is -1.40. The third kappa shape index (κ3) is 2.16. The lowest BCUT2D eigenvalue weighted by Gasteiger charge is -2.12. The van der Waals surface area contributed by atoms with E-state index in [9.17, 15) is 4.39 Å². The molecule has 2 aromatic rings. The van der Waals surface area contributed by atoms with Gasteiger partial charge in [0.05, 0.1) is 23.3 Å². The van der Waals surface area contributed by atoms with Gasteiger partial charge in [-0.25, -0.2) is 4.39 Å². The zero-order valence-electron chi connectivity index (χ0n) is 8.01. The van der Waals surface area contributed by atoms with Crippen LogP contribution in [0, 0.1) is 5.82 Å². The molecule has 78 valence electrons. The van der Waals surface area contributed by atoms with Crippen LogP contribution in [0.1, 0.15) is 16.5 Å². The number of rotatable bonds is 3. The van der Waals surface area contributed by atoms with Gasteiger partial charge in [0.25, 0.3) is 0 Å². The molecule has 0 aliphatic heterocycles. The summed E-state index contributed by atoms with van der Waals surface area (Å²) in [6, 6.07) is 1.35. The number of nitrogens with one attached hydrogen (secondary N) is 1. The number of halogens is 1. The van der Waals surface area contributed by atoms with Gasteiger partial charge >= 0.3 is 0 Å². The maximum Gasteiger partial charge on any atom is 0.141 e. The van der Waals surface area contributed by atoms with Crippen LogP contribution in [0.15, 0.2) is 24.7 Å². The molecule has 2 aromatic heterocycles.